The monoisotopic (exact) mass is 431 g/mol. The Hall–Kier alpha value is -3.18. The molecule has 0 saturated carbocycles. The average molecular weight is 432 g/mol. The predicted octanol–water partition coefficient (Wildman–Crippen LogP) is 4.67. The summed E-state index contributed by atoms with van der Waals surface area (Å²) in [5.74, 6) is -1.93. The van der Waals surface area contributed by atoms with E-state index in [0.29, 0.717) is 19.4 Å². The van der Waals surface area contributed by atoms with Gasteiger partial charge in [-0.05, 0) is 29.9 Å². The molecule has 0 radical (unpaired) electrons. The molecule has 2 fully saturated rings. The number of carbonyl (C=O) groups is 2. The minimum absolute atomic E-state index is 0.0637. The van der Waals surface area contributed by atoms with Gasteiger partial charge in [0.15, 0.2) is 0 Å². The van der Waals surface area contributed by atoms with Crippen LogP contribution in [0, 0.1) is 17.8 Å². The van der Waals surface area contributed by atoms with E-state index >= 15 is 0 Å². The van der Waals surface area contributed by atoms with Crippen LogP contribution < -0.4 is 0 Å². The molecule has 32 heavy (non-hydrogen) atoms. The minimum atomic E-state index is -0.897. The lowest BCUT2D eigenvalue weighted by Gasteiger charge is -2.45. The van der Waals surface area contributed by atoms with E-state index in [9.17, 15) is 9.59 Å². The topological polar surface area (TPSA) is 55.8 Å². The Balaban J connectivity index is 1.64. The zero-order valence-corrected chi connectivity index (χ0v) is 18.1. The van der Waals surface area contributed by atoms with Gasteiger partial charge in [0.1, 0.15) is 18.8 Å². The summed E-state index contributed by atoms with van der Waals surface area (Å²) in [6, 6.07) is 19.1. The van der Waals surface area contributed by atoms with Gasteiger partial charge in [0.25, 0.3) is 0 Å². The third-order valence-corrected chi connectivity index (χ3v) is 6.44. The van der Waals surface area contributed by atoms with Gasteiger partial charge >= 0.3 is 5.97 Å². The second-order valence-electron chi connectivity index (χ2n) is 8.34. The molecule has 166 valence electrons. The smallest absolute Gasteiger partial charge is 0.319 e. The summed E-state index contributed by atoms with van der Waals surface area (Å²) in [4.78, 5) is 28.8. The van der Waals surface area contributed by atoms with Gasteiger partial charge in [0.2, 0.25) is 5.91 Å². The number of esters is 1. The van der Waals surface area contributed by atoms with E-state index in [1.165, 1.54) is 0 Å². The molecule has 0 aliphatic carbocycles. The Labute approximate surface area is 189 Å². The molecule has 5 atom stereocenters. The van der Waals surface area contributed by atoms with Crippen molar-refractivity contribution in [3.05, 3.63) is 97.1 Å². The molecule has 1 unspecified atom stereocenters. The lowest BCUT2D eigenvalue weighted by atomic mass is 9.72. The minimum Gasteiger partial charge on any atom is -0.460 e. The van der Waals surface area contributed by atoms with Crippen LogP contribution in [0.15, 0.2) is 86.0 Å². The molecule has 5 heteroatoms. The van der Waals surface area contributed by atoms with Gasteiger partial charge in [-0.25, -0.2) is 0 Å². The standard InChI is InChI=1S/C27H29NO4/c1-3-11-21-22(12-4-2)26-28(23(18-31-26)20-15-9-6-10-16-20)25(29)24(21)27(30)32-17-19-13-7-5-8-14-19/h3-10,13-16,21-24,26H,1-2,11-12,17-18H2/t21-,22+,23+,24?,26-/m1/s1. The van der Waals surface area contributed by atoms with Crippen LogP contribution in [0.5, 0.6) is 0 Å². The van der Waals surface area contributed by atoms with E-state index in [2.05, 4.69) is 13.2 Å². The van der Waals surface area contributed by atoms with Crippen molar-refractivity contribution in [3.8, 4) is 0 Å². The van der Waals surface area contributed by atoms with Crippen molar-refractivity contribution >= 4 is 11.9 Å². The largest absolute Gasteiger partial charge is 0.460 e. The van der Waals surface area contributed by atoms with Crippen molar-refractivity contribution in [1.29, 1.82) is 0 Å². The van der Waals surface area contributed by atoms with Gasteiger partial charge in [-0.2, -0.15) is 0 Å². The Bertz CT molecular complexity index is 958. The number of nitrogens with zero attached hydrogens (tertiary/aromatic N) is 1. The molecule has 2 aliphatic rings. The maximum atomic E-state index is 13.8. The number of rotatable bonds is 8. The maximum Gasteiger partial charge on any atom is 0.319 e. The molecule has 2 heterocycles. The van der Waals surface area contributed by atoms with E-state index < -0.39 is 18.1 Å². The van der Waals surface area contributed by atoms with Crippen LogP contribution in [0.3, 0.4) is 0 Å². The van der Waals surface area contributed by atoms with E-state index in [0.717, 1.165) is 11.1 Å². The van der Waals surface area contributed by atoms with Crippen molar-refractivity contribution in [2.24, 2.45) is 17.8 Å². The number of benzene rings is 2. The second kappa shape index (κ2) is 9.96. The van der Waals surface area contributed by atoms with Crippen LogP contribution in [-0.2, 0) is 25.7 Å². The maximum absolute atomic E-state index is 13.8. The van der Waals surface area contributed by atoms with Crippen LogP contribution in [0.1, 0.15) is 30.0 Å². The van der Waals surface area contributed by atoms with Crippen LogP contribution in [0.2, 0.25) is 0 Å². The summed E-state index contributed by atoms with van der Waals surface area (Å²) in [5.41, 5.74) is 1.89. The van der Waals surface area contributed by atoms with Crippen LogP contribution >= 0.6 is 0 Å². The molecule has 2 saturated heterocycles. The average Bonchev–Trinajstić information content (AvgIpc) is 3.27. The van der Waals surface area contributed by atoms with Gasteiger partial charge in [-0.3, -0.25) is 9.59 Å². The molecule has 2 aromatic rings. The SMILES string of the molecule is C=CC[C@@H]1[C@H]2OC[C@@H](c3ccccc3)N2C(=O)C(C(=O)OCc2ccccc2)[C@@H]1CC=C. The molecule has 0 bridgehead atoms. The molecule has 2 aliphatic heterocycles. The van der Waals surface area contributed by atoms with E-state index in [-0.39, 0.29) is 30.4 Å². The Morgan fingerprint density at radius 2 is 1.62 bits per heavy atom. The van der Waals surface area contributed by atoms with Crippen molar-refractivity contribution in [1.82, 2.24) is 4.90 Å². The summed E-state index contributed by atoms with van der Waals surface area (Å²) in [6.07, 6.45) is 4.37. The number of carbonyl (C=O) groups excluding carboxylic acids is 2. The lowest BCUT2D eigenvalue weighted by molar-refractivity contribution is -0.175. The Morgan fingerprint density at radius 3 is 2.28 bits per heavy atom. The first-order chi connectivity index (χ1) is 15.7. The van der Waals surface area contributed by atoms with Gasteiger partial charge in [0.05, 0.1) is 12.6 Å². The highest BCUT2D eigenvalue weighted by Gasteiger charge is 2.56. The number of piperidine rings is 1. The predicted molar refractivity (Wildman–Crippen MR) is 122 cm³/mol. The summed E-state index contributed by atoms with van der Waals surface area (Å²) in [5, 5.41) is 0. The zero-order chi connectivity index (χ0) is 22.5. The zero-order valence-electron chi connectivity index (χ0n) is 18.1. The van der Waals surface area contributed by atoms with Crippen molar-refractivity contribution in [2.45, 2.75) is 31.7 Å². The molecular formula is C27H29NO4. The number of fused-ring (bicyclic) bond motifs is 1. The highest BCUT2D eigenvalue weighted by Crippen LogP contribution is 2.46. The number of amides is 1. The normalized spacial score (nSPS) is 26.9. The highest BCUT2D eigenvalue weighted by molar-refractivity contribution is 5.99. The quantitative estimate of drug-likeness (QED) is 0.346. The van der Waals surface area contributed by atoms with E-state index in [4.69, 9.17) is 9.47 Å². The lowest BCUT2D eigenvalue weighted by Crippen LogP contribution is -2.57. The Morgan fingerprint density at radius 1 is 1.00 bits per heavy atom. The Kier molecular flexibility index (Phi) is 6.86. The van der Waals surface area contributed by atoms with E-state index in [1.807, 2.05) is 66.7 Å². The molecule has 0 N–H and O–H groups in total. The fourth-order valence-electron chi connectivity index (χ4n) is 4.95. The number of allylic oxidation sites excluding steroid dienone is 2. The molecule has 4 rings (SSSR count). The third kappa shape index (κ3) is 4.26. The number of ether oxygens (including phenoxy) is 2. The fraction of sp³-hybridized carbons (Fsp3) is 0.333. The van der Waals surface area contributed by atoms with Gasteiger partial charge in [-0.1, -0.05) is 72.8 Å². The summed E-state index contributed by atoms with van der Waals surface area (Å²) < 4.78 is 11.8. The molecule has 1 amide bonds. The molecule has 0 aromatic heterocycles. The van der Waals surface area contributed by atoms with Gasteiger partial charge < -0.3 is 14.4 Å². The first-order valence-corrected chi connectivity index (χ1v) is 11.1. The first kappa shape index (κ1) is 22.0. The number of hydrogen-bond acceptors (Lipinski definition) is 4. The highest BCUT2D eigenvalue weighted by atomic mass is 16.5. The van der Waals surface area contributed by atoms with Crippen LogP contribution in [0.4, 0.5) is 0 Å². The van der Waals surface area contributed by atoms with Crippen LogP contribution in [-0.4, -0.2) is 29.6 Å². The van der Waals surface area contributed by atoms with Crippen molar-refractivity contribution < 1.29 is 19.1 Å². The first-order valence-electron chi connectivity index (χ1n) is 11.1. The van der Waals surface area contributed by atoms with Crippen molar-refractivity contribution in [2.75, 3.05) is 6.61 Å². The van der Waals surface area contributed by atoms with Gasteiger partial charge in [-0.15, -0.1) is 13.2 Å². The van der Waals surface area contributed by atoms with Crippen LogP contribution in [0.25, 0.3) is 0 Å². The summed E-state index contributed by atoms with van der Waals surface area (Å²) in [7, 11) is 0. The molecule has 5 nitrogen and oxygen atoms in total. The molecule has 0 spiro atoms. The summed E-state index contributed by atoms with van der Waals surface area (Å²) in [6.45, 7) is 8.31. The third-order valence-electron chi connectivity index (χ3n) is 6.44. The fourth-order valence-corrected chi connectivity index (χ4v) is 4.95. The molecule has 2 aromatic carbocycles. The molecular weight excluding hydrogens is 402 g/mol. The van der Waals surface area contributed by atoms with Crippen molar-refractivity contribution in [3.63, 3.8) is 0 Å². The van der Waals surface area contributed by atoms with E-state index in [1.54, 1.807) is 11.0 Å². The second-order valence-corrected chi connectivity index (χ2v) is 8.34. The number of hydrogen-bond donors (Lipinski definition) is 0. The summed E-state index contributed by atoms with van der Waals surface area (Å²) >= 11 is 0. The van der Waals surface area contributed by atoms with Gasteiger partial charge in [0, 0.05) is 5.92 Å².